The molecule has 0 aromatic heterocycles. The maximum absolute atomic E-state index is 11.6. The second kappa shape index (κ2) is 6.98. The molecular formula is C13H22O6. The highest BCUT2D eigenvalue weighted by molar-refractivity contribution is 5.76. The van der Waals surface area contributed by atoms with E-state index in [1.807, 2.05) is 0 Å². The quantitative estimate of drug-likeness (QED) is 0.654. The minimum absolute atomic E-state index is 0.00360. The third-order valence-corrected chi connectivity index (χ3v) is 2.74. The van der Waals surface area contributed by atoms with Gasteiger partial charge < -0.3 is 18.9 Å². The van der Waals surface area contributed by atoms with Gasteiger partial charge in [-0.3, -0.25) is 9.59 Å². The van der Waals surface area contributed by atoms with Gasteiger partial charge in [-0.25, -0.2) is 0 Å². The van der Waals surface area contributed by atoms with Gasteiger partial charge in [0.15, 0.2) is 0 Å². The van der Waals surface area contributed by atoms with Crippen LogP contribution in [-0.4, -0.2) is 43.1 Å². The molecule has 0 N–H and O–H groups in total. The van der Waals surface area contributed by atoms with E-state index in [9.17, 15) is 9.59 Å². The summed E-state index contributed by atoms with van der Waals surface area (Å²) in [5, 5.41) is 0. The van der Waals surface area contributed by atoms with Crippen molar-refractivity contribution in [3.63, 3.8) is 0 Å². The first-order valence-electron chi connectivity index (χ1n) is 6.57. The molecule has 0 saturated carbocycles. The molecule has 0 radical (unpaired) electrons. The maximum Gasteiger partial charge on any atom is 0.314 e. The average molecular weight is 274 g/mol. The second-order valence-electron chi connectivity index (χ2n) is 4.48. The highest BCUT2D eigenvalue weighted by atomic mass is 16.9. The van der Waals surface area contributed by atoms with Crippen LogP contribution in [0.15, 0.2) is 0 Å². The van der Waals surface area contributed by atoms with Gasteiger partial charge in [-0.2, -0.15) is 0 Å². The number of hydrogen-bond acceptors (Lipinski definition) is 6. The van der Waals surface area contributed by atoms with Gasteiger partial charge in [-0.05, 0) is 27.7 Å². The highest BCUT2D eigenvalue weighted by Gasteiger charge is 2.49. The molecule has 0 amide bonds. The number of rotatable bonds is 7. The minimum Gasteiger partial charge on any atom is -0.466 e. The van der Waals surface area contributed by atoms with E-state index in [1.165, 1.54) is 6.92 Å². The van der Waals surface area contributed by atoms with Crippen molar-refractivity contribution >= 4 is 11.8 Å². The van der Waals surface area contributed by atoms with Gasteiger partial charge in [0.25, 0.3) is 5.97 Å². The van der Waals surface area contributed by atoms with Gasteiger partial charge in [0, 0.05) is 13.0 Å². The van der Waals surface area contributed by atoms with Crippen LogP contribution in [0.4, 0.5) is 0 Å². The highest BCUT2D eigenvalue weighted by Crippen LogP contribution is 2.34. The van der Waals surface area contributed by atoms with E-state index in [4.69, 9.17) is 18.9 Å². The van der Waals surface area contributed by atoms with Crippen LogP contribution in [0.25, 0.3) is 0 Å². The summed E-state index contributed by atoms with van der Waals surface area (Å²) in [7, 11) is 0. The zero-order chi connectivity index (χ0) is 14.5. The first kappa shape index (κ1) is 16.1. The monoisotopic (exact) mass is 274 g/mol. The van der Waals surface area contributed by atoms with E-state index in [0.717, 1.165) is 0 Å². The SMILES string of the molecule is CCOC(=O)CC1(OCC)O[C@@H](C)[C@H](CC(C)=O)O1. The number of Topliss-reactive ketones (excluding diaryl/α,β-unsaturated/α-hetero) is 1. The Labute approximate surface area is 113 Å². The number of carbonyl (C=O) groups is 2. The topological polar surface area (TPSA) is 71.1 Å². The molecule has 0 aromatic carbocycles. The Morgan fingerprint density at radius 2 is 1.89 bits per heavy atom. The Morgan fingerprint density at radius 3 is 2.42 bits per heavy atom. The van der Waals surface area contributed by atoms with Crippen molar-refractivity contribution in [3.8, 4) is 0 Å². The molecular weight excluding hydrogens is 252 g/mol. The summed E-state index contributed by atoms with van der Waals surface area (Å²) in [6.45, 7) is 7.40. The third kappa shape index (κ3) is 4.56. The summed E-state index contributed by atoms with van der Waals surface area (Å²) in [4.78, 5) is 22.8. The van der Waals surface area contributed by atoms with Crippen LogP contribution in [0.5, 0.6) is 0 Å². The fraction of sp³-hybridized carbons (Fsp3) is 0.846. The van der Waals surface area contributed by atoms with E-state index in [-0.39, 0.29) is 31.3 Å². The van der Waals surface area contributed by atoms with Crippen molar-refractivity contribution in [3.05, 3.63) is 0 Å². The normalized spacial score (nSPS) is 30.3. The van der Waals surface area contributed by atoms with Crippen molar-refractivity contribution in [2.45, 2.75) is 58.7 Å². The number of ketones is 1. The Hall–Kier alpha value is -0.980. The van der Waals surface area contributed by atoms with Gasteiger partial charge in [-0.1, -0.05) is 0 Å². The lowest BCUT2D eigenvalue weighted by Crippen LogP contribution is -2.38. The molecule has 0 aromatic rings. The van der Waals surface area contributed by atoms with Crippen LogP contribution >= 0.6 is 0 Å². The van der Waals surface area contributed by atoms with E-state index in [1.54, 1.807) is 20.8 Å². The lowest BCUT2D eigenvalue weighted by atomic mass is 10.1. The number of carbonyl (C=O) groups excluding carboxylic acids is 2. The summed E-state index contributed by atoms with van der Waals surface area (Å²) in [5.74, 6) is -1.88. The summed E-state index contributed by atoms with van der Waals surface area (Å²) >= 11 is 0. The molecule has 1 saturated heterocycles. The predicted molar refractivity (Wildman–Crippen MR) is 66.3 cm³/mol. The van der Waals surface area contributed by atoms with Crippen molar-refractivity contribution in [2.75, 3.05) is 13.2 Å². The summed E-state index contributed by atoms with van der Waals surface area (Å²) in [5.41, 5.74) is 0. The Balaban J connectivity index is 2.72. The lowest BCUT2D eigenvalue weighted by Gasteiger charge is -2.26. The molecule has 110 valence electrons. The van der Waals surface area contributed by atoms with Crippen molar-refractivity contribution < 1.29 is 28.5 Å². The van der Waals surface area contributed by atoms with Crippen LogP contribution in [-0.2, 0) is 28.5 Å². The van der Waals surface area contributed by atoms with Crippen LogP contribution < -0.4 is 0 Å². The smallest absolute Gasteiger partial charge is 0.314 e. The van der Waals surface area contributed by atoms with E-state index in [2.05, 4.69) is 0 Å². The fourth-order valence-electron chi connectivity index (χ4n) is 2.02. The summed E-state index contributed by atoms with van der Waals surface area (Å²) < 4.78 is 21.6. The van der Waals surface area contributed by atoms with Crippen LogP contribution in [0, 0.1) is 0 Å². The zero-order valence-corrected chi connectivity index (χ0v) is 11.9. The molecule has 1 aliphatic rings. The molecule has 3 atom stereocenters. The first-order valence-corrected chi connectivity index (χ1v) is 6.57. The number of esters is 1. The lowest BCUT2D eigenvalue weighted by molar-refractivity contribution is -0.339. The van der Waals surface area contributed by atoms with Crippen molar-refractivity contribution in [1.29, 1.82) is 0 Å². The van der Waals surface area contributed by atoms with Crippen LogP contribution in [0.2, 0.25) is 0 Å². The second-order valence-corrected chi connectivity index (χ2v) is 4.48. The van der Waals surface area contributed by atoms with Crippen molar-refractivity contribution in [1.82, 2.24) is 0 Å². The molecule has 1 heterocycles. The van der Waals surface area contributed by atoms with Crippen LogP contribution in [0.3, 0.4) is 0 Å². The van der Waals surface area contributed by atoms with E-state index >= 15 is 0 Å². The molecule has 19 heavy (non-hydrogen) atoms. The molecule has 1 aliphatic heterocycles. The molecule has 6 nitrogen and oxygen atoms in total. The van der Waals surface area contributed by atoms with Crippen LogP contribution in [0.1, 0.15) is 40.5 Å². The van der Waals surface area contributed by atoms with E-state index < -0.39 is 18.0 Å². The molecule has 1 rings (SSSR count). The predicted octanol–water partition coefficient (Wildman–Crippen LogP) is 1.41. The molecule has 0 spiro atoms. The summed E-state index contributed by atoms with van der Waals surface area (Å²) in [6.07, 6.45) is -0.630. The molecule has 0 bridgehead atoms. The van der Waals surface area contributed by atoms with Gasteiger partial charge in [0.2, 0.25) is 0 Å². The molecule has 6 heteroatoms. The van der Waals surface area contributed by atoms with Gasteiger partial charge in [-0.15, -0.1) is 0 Å². The van der Waals surface area contributed by atoms with Gasteiger partial charge in [0.05, 0.1) is 18.8 Å². The maximum atomic E-state index is 11.6. The number of ether oxygens (including phenoxy) is 4. The largest absolute Gasteiger partial charge is 0.466 e. The molecule has 1 fully saturated rings. The third-order valence-electron chi connectivity index (χ3n) is 2.74. The van der Waals surface area contributed by atoms with Crippen molar-refractivity contribution in [2.24, 2.45) is 0 Å². The first-order chi connectivity index (χ1) is 8.92. The molecule has 0 aliphatic carbocycles. The fourth-order valence-corrected chi connectivity index (χ4v) is 2.02. The van der Waals surface area contributed by atoms with E-state index in [0.29, 0.717) is 6.61 Å². The standard InChI is InChI=1S/C13H22O6/c1-5-16-12(15)8-13(17-6-2)18-10(4)11(19-13)7-9(3)14/h10-11H,5-8H2,1-4H3/t10-,11-,13?/m0/s1. The minimum atomic E-state index is -1.43. The Kier molecular flexibility index (Phi) is 5.90. The zero-order valence-electron chi connectivity index (χ0n) is 11.9. The average Bonchev–Trinajstić information content (AvgIpc) is 2.54. The number of hydrogen-bond donors (Lipinski definition) is 0. The Morgan fingerprint density at radius 1 is 1.21 bits per heavy atom. The van der Waals surface area contributed by atoms with Gasteiger partial charge in [0.1, 0.15) is 12.2 Å². The Bertz CT molecular complexity index is 329. The molecule has 1 unspecified atom stereocenters. The van der Waals surface area contributed by atoms with Gasteiger partial charge >= 0.3 is 5.97 Å². The summed E-state index contributed by atoms with van der Waals surface area (Å²) in [6, 6.07) is 0.